The van der Waals surface area contributed by atoms with E-state index in [2.05, 4.69) is 0 Å². The van der Waals surface area contributed by atoms with Gasteiger partial charge in [-0.3, -0.25) is 9.69 Å². The maximum absolute atomic E-state index is 12.0. The molecule has 0 aliphatic carbocycles. The lowest BCUT2D eigenvalue weighted by atomic mass is 9.86. The normalized spacial score (nSPS) is 31.4. The Morgan fingerprint density at radius 3 is 2.72 bits per heavy atom. The molecular weight excluding hydrogens is 236 g/mol. The number of carbonyl (C=O) groups excluding carboxylic acids is 2. The molecule has 18 heavy (non-hydrogen) atoms. The molecule has 2 heterocycles. The van der Waals surface area contributed by atoms with Crippen molar-refractivity contribution in [3.8, 4) is 0 Å². The van der Waals surface area contributed by atoms with Crippen molar-refractivity contribution in [1.29, 1.82) is 0 Å². The lowest BCUT2D eigenvalue weighted by Crippen LogP contribution is -2.70. The Balaban J connectivity index is 2.21. The highest BCUT2D eigenvalue weighted by atomic mass is 16.6. The minimum Gasteiger partial charge on any atom is -0.455 e. The summed E-state index contributed by atoms with van der Waals surface area (Å²) in [6.07, 6.45) is 0.945. The first-order valence-corrected chi connectivity index (χ1v) is 5.92. The van der Waals surface area contributed by atoms with Gasteiger partial charge in [0.15, 0.2) is 0 Å². The second kappa shape index (κ2) is 4.07. The van der Waals surface area contributed by atoms with Gasteiger partial charge in [-0.1, -0.05) is 0 Å². The molecule has 3 N–H and O–H groups in total. The maximum atomic E-state index is 12.0. The molecule has 0 aromatic carbocycles. The number of aliphatic hydroxyl groups excluding tert-OH is 1. The maximum Gasteiger partial charge on any atom is 0.355 e. The minimum atomic E-state index is -0.770. The van der Waals surface area contributed by atoms with Crippen LogP contribution in [0.1, 0.15) is 27.2 Å². The topological polar surface area (TPSA) is 92.9 Å². The standard InChI is InChI=1S/C12H18N2O4/c1-12(2,3)18-11(17)8-5-6(15)4-7-9(13)10(16)14(7)8/h5-7,9,15H,4,13H2,1-3H3. The predicted molar refractivity (Wildman–Crippen MR) is 63.2 cm³/mol. The van der Waals surface area contributed by atoms with Gasteiger partial charge in [-0.2, -0.15) is 0 Å². The van der Waals surface area contributed by atoms with Crippen LogP contribution >= 0.6 is 0 Å². The highest BCUT2D eigenvalue weighted by molar-refractivity contribution is 6.00. The number of amides is 1. The summed E-state index contributed by atoms with van der Waals surface area (Å²) < 4.78 is 5.21. The molecule has 3 unspecified atom stereocenters. The fraction of sp³-hybridized carbons (Fsp3) is 0.667. The summed E-state index contributed by atoms with van der Waals surface area (Å²) in [7, 11) is 0. The predicted octanol–water partition coefficient (Wildman–Crippen LogP) is -0.485. The van der Waals surface area contributed by atoms with Crippen LogP contribution in [0.5, 0.6) is 0 Å². The van der Waals surface area contributed by atoms with Crippen molar-refractivity contribution >= 4 is 11.9 Å². The van der Waals surface area contributed by atoms with Gasteiger partial charge < -0.3 is 15.6 Å². The second-order valence-electron chi connectivity index (χ2n) is 5.66. The van der Waals surface area contributed by atoms with Gasteiger partial charge in [0.1, 0.15) is 17.3 Å². The Kier molecular flexibility index (Phi) is 2.95. The first kappa shape index (κ1) is 13.0. The van der Waals surface area contributed by atoms with Crippen molar-refractivity contribution in [2.24, 2.45) is 5.73 Å². The molecule has 2 aliphatic rings. The lowest BCUT2D eigenvalue weighted by Gasteiger charge is -2.48. The zero-order valence-corrected chi connectivity index (χ0v) is 10.7. The average Bonchev–Trinajstić information content (AvgIpc) is 2.24. The average molecular weight is 254 g/mol. The molecule has 2 aliphatic heterocycles. The number of hydrogen-bond donors (Lipinski definition) is 2. The molecule has 100 valence electrons. The number of fused-ring (bicyclic) bond motifs is 1. The smallest absolute Gasteiger partial charge is 0.355 e. The van der Waals surface area contributed by atoms with E-state index in [1.54, 1.807) is 20.8 Å². The van der Waals surface area contributed by atoms with Gasteiger partial charge in [0.2, 0.25) is 5.91 Å². The number of β-lactam (4-membered cyclic amide) rings is 1. The summed E-state index contributed by atoms with van der Waals surface area (Å²) in [4.78, 5) is 24.9. The van der Waals surface area contributed by atoms with E-state index in [1.165, 1.54) is 11.0 Å². The van der Waals surface area contributed by atoms with E-state index < -0.39 is 23.7 Å². The van der Waals surface area contributed by atoms with Gasteiger partial charge in [-0.15, -0.1) is 0 Å². The number of rotatable bonds is 1. The Hall–Kier alpha value is -1.40. The molecule has 1 saturated heterocycles. The Bertz CT molecular complexity index is 424. The summed E-state index contributed by atoms with van der Waals surface area (Å²) in [5, 5.41) is 9.68. The number of nitrogens with zero attached hydrogens (tertiary/aromatic N) is 1. The zero-order valence-electron chi connectivity index (χ0n) is 10.7. The molecule has 1 fully saturated rings. The molecule has 1 amide bonds. The molecule has 0 spiro atoms. The van der Waals surface area contributed by atoms with E-state index in [-0.39, 0.29) is 17.6 Å². The van der Waals surface area contributed by atoms with Crippen LogP contribution in [-0.4, -0.2) is 45.7 Å². The van der Waals surface area contributed by atoms with Crippen LogP contribution in [0.3, 0.4) is 0 Å². The fourth-order valence-corrected chi connectivity index (χ4v) is 2.19. The van der Waals surface area contributed by atoms with E-state index >= 15 is 0 Å². The number of carbonyl (C=O) groups is 2. The molecular formula is C12H18N2O4. The summed E-state index contributed by atoms with van der Waals surface area (Å²) in [6.45, 7) is 5.23. The van der Waals surface area contributed by atoms with Crippen LogP contribution < -0.4 is 5.73 Å². The van der Waals surface area contributed by atoms with Crippen LogP contribution in [-0.2, 0) is 14.3 Å². The van der Waals surface area contributed by atoms with Crippen molar-refractivity contribution in [2.75, 3.05) is 0 Å². The summed E-state index contributed by atoms with van der Waals surface area (Å²) in [5.41, 5.74) is 5.10. The zero-order chi connectivity index (χ0) is 13.7. The number of esters is 1. The minimum absolute atomic E-state index is 0.0976. The Labute approximate surface area is 105 Å². The summed E-state index contributed by atoms with van der Waals surface area (Å²) in [5.74, 6) is -0.907. The van der Waals surface area contributed by atoms with Gasteiger partial charge in [-0.25, -0.2) is 4.79 Å². The molecule has 0 aromatic heterocycles. The Morgan fingerprint density at radius 1 is 1.56 bits per heavy atom. The van der Waals surface area contributed by atoms with Crippen LogP contribution in [0, 0.1) is 0 Å². The van der Waals surface area contributed by atoms with Gasteiger partial charge in [-0.05, 0) is 33.3 Å². The molecule has 6 nitrogen and oxygen atoms in total. The number of aliphatic hydroxyl groups is 1. The second-order valence-corrected chi connectivity index (χ2v) is 5.66. The molecule has 0 radical (unpaired) electrons. The van der Waals surface area contributed by atoms with Crippen molar-refractivity contribution in [2.45, 2.75) is 51.0 Å². The van der Waals surface area contributed by atoms with Crippen LogP contribution in [0.15, 0.2) is 11.8 Å². The van der Waals surface area contributed by atoms with E-state index in [0.29, 0.717) is 6.42 Å². The van der Waals surface area contributed by atoms with E-state index in [1.807, 2.05) is 0 Å². The van der Waals surface area contributed by atoms with E-state index in [0.717, 1.165) is 0 Å². The number of hydrogen-bond acceptors (Lipinski definition) is 5. The summed E-state index contributed by atoms with van der Waals surface area (Å²) >= 11 is 0. The molecule has 3 atom stereocenters. The first-order valence-electron chi connectivity index (χ1n) is 5.92. The molecule has 6 heteroatoms. The third kappa shape index (κ3) is 2.13. The van der Waals surface area contributed by atoms with Crippen molar-refractivity contribution in [3.63, 3.8) is 0 Å². The molecule has 0 saturated carbocycles. The lowest BCUT2D eigenvalue weighted by molar-refractivity contribution is -0.161. The monoisotopic (exact) mass is 254 g/mol. The van der Waals surface area contributed by atoms with Gasteiger partial charge in [0.25, 0.3) is 0 Å². The third-order valence-corrected chi connectivity index (χ3v) is 2.97. The van der Waals surface area contributed by atoms with Crippen LogP contribution in [0.2, 0.25) is 0 Å². The van der Waals surface area contributed by atoms with Crippen LogP contribution in [0.25, 0.3) is 0 Å². The molecule has 2 rings (SSSR count). The van der Waals surface area contributed by atoms with Gasteiger partial charge >= 0.3 is 5.97 Å². The Morgan fingerprint density at radius 2 is 2.17 bits per heavy atom. The molecule has 0 aromatic rings. The number of nitrogens with two attached hydrogens (primary N) is 1. The largest absolute Gasteiger partial charge is 0.455 e. The molecule has 0 bridgehead atoms. The van der Waals surface area contributed by atoms with Gasteiger partial charge in [0, 0.05) is 0 Å². The third-order valence-electron chi connectivity index (χ3n) is 2.97. The van der Waals surface area contributed by atoms with Gasteiger partial charge in [0.05, 0.1) is 12.1 Å². The first-order chi connectivity index (χ1) is 8.20. The highest BCUT2D eigenvalue weighted by Crippen LogP contribution is 2.33. The number of ether oxygens (including phenoxy) is 1. The van der Waals surface area contributed by atoms with Crippen molar-refractivity contribution in [3.05, 3.63) is 11.8 Å². The highest BCUT2D eigenvalue weighted by Gasteiger charge is 2.51. The summed E-state index contributed by atoms with van der Waals surface area (Å²) in [6, 6.07) is -0.939. The van der Waals surface area contributed by atoms with Crippen molar-refractivity contribution in [1.82, 2.24) is 4.90 Å². The van der Waals surface area contributed by atoms with E-state index in [9.17, 15) is 14.7 Å². The SMILES string of the molecule is CC(C)(C)OC(=O)C1=CC(O)CC2C(N)C(=O)N12. The fourth-order valence-electron chi connectivity index (χ4n) is 2.19. The van der Waals surface area contributed by atoms with Crippen LogP contribution in [0.4, 0.5) is 0 Å². The van der Waals surface area contributed by atoms with E-state index in [4.69, 9.17) is 10.5 Å². The quantitative estimate of drug-likeness (QED) is 0.487. The van der Waals surface area contributed by atoms with Crippen molar-refractivity contribution < 1.29 is 19.4 Å².